The van der Waals surface area contributed by atoms with Crippen LogP contribution >= 0.6 is 15.9 Å². The van der Waals surface area contributed by atoms with Crippen molar-refractivity contribution in [1.82, 2.24) is 0 Å². The fourth-order valence-electron chi connectivity index (χ4n) is 2.08. The highest BCUT2D eigenvalue weighted by Crippen LogP contribution is 2.31. The highest BCUT2D eigenvalue weighted by molar-refractivity contribution is 9.10. The van der Waals surface area contributed by atoms with Crippen LogP contribution in [0.5, 0.6) is 11.5 Å². The SMILES string of the molecule is CCC(N)Cc1c(F)cccc1Oc1ccc(Br)cc1C. The highest BCUT2D eigenvalue weighted by atomic mass is 79.9. The van der Waals surface area contributed by atoms with Crippen molar-refractivity contribution in [2.75, 3.05) is 0 Å². The van der Waals surface area contributed by atoms with E-state index in [1.165, 1.54) is 6.07 Å². The largest absolute Gasteiger partial charge is 0.457 e. The monoisotopic (exact) mass is 351 g/mol. The summed E-state index contributed by atoms with van der Waals surface area (Å²) in [4.78, 5) is 0. The Morgan fingerprint density at radius 1 is 1.24 bits per heavy atom. The minimum Gasteiger partial charge on any atom is -0.457 e. The van der Waals surface area contributed by atoms with E-state index in [2.05, 4.69) is 15.9 Å². The molecule has 0 saturated heterocycles. The molecule has 1 atom stereocenters. The number of rotatable bonds is 5. The summed E-state index contributed by atoms with van der Waals surface area (Å²) in [7, 11) is 0. The van der Waals surface area contributed by atoms with Gasteiger partial charge in [0.15, 0.2) is 0 Å². The molecular formula is C17H19BrFNO. The molecule has 0 radical (unpaired) electrons. The molecule has 0 aliphatic heterocycles. The van der Waals surface area contributed by atoms with E-state index in [1.54, 1.807) is 12.1 Å². The second kappa shape index (κ2) is 7.05. The van der Waals surface area contributed by atoms with Gasteiger partial charge in [-0.05, 0) is 55.7 Å². The van der Waals surface area contributed by atoms with Crippen LogP contribution in [0.25, 0.3) is 0 Å². The molecule has 2 N–H and O–H groups in total. The molecule has 21 heavy (non-hydrogen) atoms. The normalized spacial score (nSPS) is 12.2. The molecule has 112 valence electrons. The third kappa shape index (κ3) is 4.05. The van der Waals surface area contributed by atoms with Gasteiger partial charge in [-0.15, -0.1) is 0 Å². The van der Waals surface area contributed by atoms with E-state index in [9.17, 15) is 4.39 Å². The minimum atomic E-state index is -0.272. The Morgan fingerprint density at radius 2 is 2.00 bits per heavy atom. The molecule has 4 heteroatoms. The minimum absolute atomic E-state index is 0.0738. The third-order valence-electron chi connectivity index (χ3n) is 3.42. The van der Waals surface area contributed by atoms with Crippen molar-refractivity contribution in [1.29, 1.82) is 0 Å². The molecule has 2 aromatic rings. The summed E-state index contributed by atoms with van der Waals surface area (Å²) in [6.07, 6.45) is 1.26. The average Bonchev–Trinajstić information content (AvgIpc) is 2.45. The van der Waals surface area contributed by atoms with Gasteiger partial charge in [0.25, 0.3) is 0 Å². The lowest BCUT2D eigenvalue weighted by Crippen LogP contribution is -2.22. The van der Waals surface area contributed by atoms with Gasteiger partial charge in [0.05, 0.1) is 0 Å². The average molecular weight is 352 g/mol. The Labute approximate surface area is 133 Å². The number of hydrogen-bond acceptors (Lipinski definition) is 2. The molecule has 0 fully saturated rings. The summed E-state index contributed by atoms with van der Waals surface area (Å²) in [5.41, 5.74) is 7.48. The Morgan fingerprint density at radius 3 is 2.67 bits per heavy atom. The molecule has 0 aromatic heterocycles. The van der Waals surface area contributed by atoms with Crippen molar-refractivity contribution < 1.29 is 9.13 Å². The third-order valence-corrected chi connectivity index (χ3v) is 3.92. The van der Waals surface area contributed by atoms with Crippen LogP contribution in [-0.4, -0.2) is 6.04 Å². The lowest BCUT2D eigenvalue weighted by Gasteiger charge is -2.16. The highest BCUT2D eigenvalue weighted by Gasteiger charge is 2.14. The van der Waals surface area contributed by atoms with Gasteiger partial charge in [-0.25, -0.2) is 4.39 Å². The van der Waals surface area contributed by atoms with E-state index in [1.807, 2.05) is 32.0 Å². The van der Waals surface area contributed by atoms with Crippen LogP contribution in [0.2, 0.25) is 0 Å². The van der Waals surface area contributed by atoms with E-state index in [0.29, 0.717) is 17.7 Å². The van der Waals surface area contributed by atoms with Gasteiger partial charge < -0.3 is 10.5 Å². The Balaban J connectivity index is 2.33. The quantitative estimate of drug-likeness (QED) is 0.825. The van der Waals surface area contributed by atoms with Gasteiger partial charge in [0, 0.05) is 16.1 Å². The summed E-state index contributed by atoms with van der Waals surface area (Å²) >= 11 is 3.42. The fraction of sp³-hybridized carbons (Fsp3) is 0.294. The molecule has 0 heterocycles. The summed E-state index contributed by atoms with van der Waals surface area (Å²) in [6.45, 7) is 3.95. The standard InChI is InChI=1S/C17H19BrFNO/c1-3-13(20)10-14-15(19)5-4-6-17(14)21-16-8-7-12(18)9-11(16)2/h4-9,13H,3,10,20H2,1-2H3. The van der Waals surface area contributed by atoms with E-state index < -0.39 is 0 Å². The topological polar surface area (TPSA) is 35.2 Å². The summed E-state index contributed by atoms with van der Waals surface area (Å²) in [6, 6.07) is 10.5. The second-order valence-electron chi connectivity index (χ2n) is 5.10. The maximum Gasteiger partial charge on any atom is 0.133 e. The fourth-order valence-corrected chi connectivity index (χ4v) is 2.56. The second-order valence-corrected chi connectivity index (χ2v) is 6.02. The van der Waals surface area contributed by atoms with Crippen LogP contribution in [0.1, 0.15) is 24.5 Å². The molecule has 0 saturated carbocycles. The number of ether oxygens (including phenoxy) is 1. The first kappa shape index (κ1) is 16.0. The van der Waals surface area contributed by atoms with Gasteiger partial charge >= 0.3 is 0 Å². The number of nitrogens with two attached hydrogens (primary N) is 1. The predicted octanol–water partition coefficient (Wildman–Crippen LogP) is 4.97. The number of hydrogen-bond donors (Lipinski definition) is 1. The molecule has 1 unspecified atom stereocenters. The molecule has 0 bridgehead atoms. The molecule has 2 aromatic carbocycles. The van der Waals surface area contributed by atoms with Gasteiger partial charge in [-0.1, -0.05) is 28.9 Å². The molecular weight excluding hydrogens is 333 g/mol. The van der Waals surface area contributed by atoms with Crippen molar-refractivity contribution >= 4 is 15.9 Å². The zero-order chi connectivity index (χ0) is 15.4. The van der Waals surface area contributed by atoms with Crippen molar-refractivity contribution in [2.24, 2.45) is 5.73 Å². The van der Waals surface area contributed by atoms with Crippen molar-refractivity contribution in [2.45, 2.75) is 32.7 Å². The molecule has 0 aliphatic carbocycles. The summed E-state index contributed by atoms with van der Waals surface area (Å²) < 4.78 is 21.0. The first-order valence-corrected chi connectivity index (χ1v) is 7.77. The van der Waals surface area contributed by atoms with Crippen LogP contribution in [0.4, 0.5) is 4.39 Å². The molecule has 0 aliphatic rings. The van der Waals surface area contributed by atoms with E-state index in [0.717, 1.165) is 22.2 Å². The smallest absolute Gasteiger partial charge is 0.133 e. The van der Waals surface area contributed by atoms with Crippen LogP contribution in [0.3, 0.4) is 0 Å². The van der Waals surface area contributed by atoms with Crippen LogP contribution in [0.15, 0.2) is 40.9 Å². The first-order valence-electron chi connectivity index (χ1n) is 6.98. The first-order chi connectivity index (χ1) is 10.0. The zero-order valence-electron chi connectivity index (χ0n) is 12.2. The number of halogens is 2. The molecule has 0 spiro atoms. The number of aryl methyl sites for hydroxylation is 1. The Kier molecular flexibility index (Phi) is 5.37. The molecule has 2 rings (SSSR count). The zero-order valence-corrected chi connectivity index (χ0v) is 13.8. The van der Waals surface area contributed by atoms with Crippen molar-refractivity contribution in [3.8, 4) is 11.5 Å². The lowest BCUT2D eigenvalue weighted by atomic mass is 10.0. The van der Waals surface area contributed by atoms with Gasteiger partial charge in [-0.2, -0.15) is 0 Å². The summed E-state index contributed by atoms with van der Waals surface area (Å²) in [5, 5.41) is 0. The Bertz CT molecular complexity index is 630. The van der Waals surface area contributed by atoms with E-state index in [-0.39, 0.29) is 11.9 Å². The van der Waals surface area contributed by atoms with Crippen LogP contribution in [-0.2, 0) is 6.42 Å². The van der Waals surface area contributed by atoms with Gasteiger partial charge in [0.1, 0.15) is 17.3 Å². The maximum atomic E-state index is 14.1. The van der Waals surface area contributed by atoms with Gasteiger partial charge in [-0.3, -0.25) is 0 Å². The van der Waals surface area contributed by atoms with E-state index in [4.69, 9.17) is 10.5 Å². The summed E-state index contributed by atoms with van der Waals surface area (Å²) in [5.74, 6) is 0.977. The number of benzene rings is 2. The lowest BCUT2D eigenvalue weighted by molar-refractivity contribution is 0.458. The molecule has 2 nitrogen and oxygen atoms in total. The van der Waals surface area contributed by atoms with Gasteiger partial charge in [0.2, 0.25) is 0 Å². The predicted molar refractivity (Wildman–Crippen MR) is 87.3 cm³/mol. The van der Waals surface area contributed by atoms with Crippen LogP contribution < -0.4 is 10.5 Å². The van der Waals surface area contributed by atoms with E-state index >= 15 is 0 Å². The molecule has 0 amide bonds. The Hall–Kier alpha value is -1.39. The van der Waals surface area contributed by atoms with Crippen LogP contribution in [0, 0.1) is 12.7 Å². The van der Waals surface area contributed by atoms with Crippen molar-refractivity contribution in [3.63, 3.8) is 0 Å². The maximum absolute atomic E-state index is 14.1. The van der Waals surface area contributed by atoms with Crippen molar-refractivity contribution in [3.05, 3.63) is 57.8 Å².